The second-order valence-electron chi connectivity index (χ2n) is 6.24. The Kier molecular flexibility index (Phi) is 5.69. The highest BCUT2D eigenvalue weighted by molar-refractivity contribution is 7.97. The Morgan fingerprint density at radius 2 is 1.79 bits per heavy atom. The summed E-state index contributed by atoms with van der Waals surface area (Å²) >= 11 is 3.12. The molecule has 0 fully saturated rings. The van der Waals surface area contributed by atoms with Crippen LogP contribution in [0.4, 0.5) is 9.52 Å². The monoisotopic (exact) mass is 408 g/mol. The smallest absolute Gasteiger partial charge is 0.258 e. The van der Waals surface area contributed by atoms with Gasteiger partial charge in [-0.1, -0.05) is 48.5 Å². The molecule has 0 spiro atoms. The summed E-state index contributed by atoms with van der Waals surface area (Å²) in [4.78, 5) is 17.2. The summed E-state index contributed by atoms with van der Waals surface area (Å²) in [6.07, 6.45) is 0. The van der Waals surface area contributed by atoms with Gasteiger partial charge in [0, 0.05) is 22.4 Å². The van der Waals surface area contributed by atoms with Crippen LogP contribution in [0.3, 0.4) is 0 Å². The number of hydrogen-bond donors (Lipinski definition) is 1. The number of hydrogen-bond acceptors (Lipinski definition) is 4. The first-order chi connectivity index (χ1) is 13.7. The lowest BCUT2D eigenvalue weighted by atomic mass is 10.0. The molecule has 0 unspecified atom stereocenters. The van der Waals surface area contributed by atoms with Gasteiger partial charge in [-0.3, -0.25) is 10.1 Å². The standard InChI is InChI=1S/C22H17FN2OS2/c23-17-10-8-15(9-11-17)12-27-13-18-14-28-22(24-18)25-21(26)20-7-3-5-16-4-1-2-6-19(16)20/h1-11,14H,12-13H2,(H,24,25,26). The molecule has 0 atom stereocenters. The van der Waals surface area contributed by atoms with Gasteiger partial charge in [-0.05, 0) is 34.5 Å². The van der Waals surface area contributed by atoms with Gasteiger partial charge in [-0.15, -0.1) is 11.3 Å². The summed E-state index contributed by atoms with van der Waals surface area (Å²) in [6, 6.07) is 20.1. The van der Waals surface area contributed by atoms with Gasteiger partial charge < -0.3 is 0 Å². The van der Waals surface area contributed by atoms with E-state index in [0.29, 0.717) is 10.7 Å². The lowest BCUT2D eigenvalue weighted by molar-refractivity contribution is 0.102. The van der Waals surface area contributed by atoms with Gasteiger partial charge in [-0.25, -0.2) is 9.37 Å². The number of rotatable bonds is 6. The first-order valence-corrected chi connectivity index (χ1v) is 10.8. The van der Waals surface area contributed by atoms with Crippen molar-refractivity contribution in [1.29, 1.82) is 0 Å². The van der Waals surface area contributed by atoms with Crippen LogP contribution in [-0.4, -0.2) is 10.9 Å². The van der Waals surface area contributed by atoms with Gasteiger partial charge in [0.15, 0.2) is 5.13 Å². The molecule has 1 heterocycles. The van der Waals surface area contributed by atoms with Crippen molar-refractivity contribution in [3.8, 4) is 0 Å². The van der Waals surface area contributed by atoms with Crippen LogP contribution in [0.2, 0.25) is 0 Å². The molecule has 1 amide bonds. The lowest BCUT2D eigenvalue weighted by Crippen LogP contribution is -2.12. The minimum Gasteiger partial charge on any atom is -0.298 e. The van der Waals surface area contributed by atoms with Crippen molar-refractivity contribution in [2.75, 3.05) is 5.32 Å². The molecule has 0 radical (unpaired) electrons. The second kappa shape index (κ2) is 8.54. The van der Waals surface area contributed by atoms with E-state index >= 15 is 0 Å². The van der Waals surface area contributed by atoms with E-state index in [-0.39, 0.29) is 11.7 Å². The molecular weight excluding hydrogens is 391 g/mol. The highest BCUT2D eigenvalue weighted by Gasteiger charge is 2.12. The lowest BCUT2D eigenvalue weighted by Gasteiger charge is -2.06. The van der Waals surface area contributed by atoms with E-state index in [9.17, 15) is 9.18 Å². The summed E-state index contributed by atoms with van der Waals surface area (Å²) in [6.45, 7) is 0. The summed E-state index contributed by atoms with van der Waals surface area (Å²) in [5.74, 6) is 1.14. The molecule has 0 aliphatic carbocycles. The number of nitrogens with zero attached hydrogens (tertiary/aromatic N) is 1. The van der Waals surface area contributed by atoms with Gasteiger partial charge >= 0.3 is 0 Å². The topological polar surface area (TPSA) is 42.0 Å². The van der Waals surface area contributed by atoms with Crippen molar-refractivity contribution in [1.82, 2.24) is 4.98 Å². The number of carbonyl (C=O) groups excluding carboxylic acids is 1. The van der Waals surface area contributed by atoms with Crippen LogP contribution in [0.1, 0.15) is 21.6 Å². The highest BCUT2D eigenvalue weighted by atomic mass is 32.2. The fourth-order valence-corrected chi connectivity index (χ4v) is 4.57. The van der Waals surface area contributed by atoms with E-state index < -0.39 is 0 Å². The Bertz CT molecular complexity index is 1100. The molecule has 0 aliphatic heterocycles. The number of nitrogens with one attached hydrogen (secondary N) is 1. The second-order valence-corrected chi connectivity index (χ2v) is 8.09. The molecule has 6 heteroatoms. The van der Waals surface area contributed by atoms with Crippen LogP contribution in [0.5, 0.6) is 0 Å². The van der Waals surface area contributed by atoms with E-state index in [1.807, 2.05) is 47.8 Å². The number of thioether (sulfide) groups is 1. The maximum Gasteiger partial charge on any atom is 0.258 e. The molecule has 0 aliphatic rings. The molecule has 4 aromatic rings. The average Bonchev–Trinajstić information content (AvgIpc) is 3.16. The Morgan fingerprint density at radius 3 is 2.64 bits per heavy atom. The number of amides is 1. The minimum atomic E-state index is -0.222. The highest BCUT2D eigenvalue weighted by Crippen LogP contribution is 2.24. The van der Waals surface area contributed by atoms with E-state index in [1.54, 1.807) is 23.9 Å². The molecule has 3 aromatic carbocycles. The van der Waals surface area contributed by atoms with Crippen molar-refractivity contribution in [3.05, 3.63) is 94.7 Å². The molecule has 0 saturated carbocycles. The minimum absolute atomic E-state index is 0.156. The van der Waals surface area contributed by atoms with E-state index in [1.165, 1.54) is 23.5 Å². The summed E-state index contributed by atoms with van der Waals surface area (Å²) in [5, 5.41) is 7.41. The van der Waals surface area contributed by atoms with Gasteiger partial charge in [0.2, 0.25) is 0 Å². The van der Waals surface area contributed by atoms with Crippen molar-refractivity contribution in [2.24, 2.45) is 0 Å². The van der Waals surface area contributed by atoms with Crippen LogP contribution in [0.25, 0.3) is 10.8 Å². The van der Waals surface area contributed by atoms with Gasteiger partial charge in [-0.2, -0.15) is 11.8 Å². The average molecular weight is 409 g/mol. The van der Waals surface area contributed by atoms with E-state index in [4.69, 9.17) is 0 Å². The predicted octanol–water partition coefficient (Wildman–Crippen LogP) is 6.12. The Hall–Kier alpha value is -2.70. The molecule has 3 nitrogen and oxygen atoms in total. The number of carbonyl (C=O) groups is 1. The Morgan fingerprint density at radius 1 is 1.00 bits per heavy atom. The van der Waals surface area contributed by atoms with E-state index in [2.05, 4.69) is 10.3 Å². The number of thiazole rings is 1. The number of aromatic nitrogens is 1. The third-order valence-electron chi connectivity index (χ3n) is 4.24. The molecule has 0 saturated heterocycles. The molecule has 4 rings (SSSR count). The molecule has 1 aromatic heterocycles. The van der Waals surface area contributed by atoms with Crippen molar-refractivity contribution < 1.29 is 9.18 Å². The Balaban J connectivity index is 1.37. The Labute approximate surface area is 170 Å². The molecular formula is C22H17FN2OS2. The maximum absolute atomic E-state index is 12.9. The zero-order valence-electron chi connectivity index (χ0n) is 14.9. The molecule has 28 heavy (non-hydrogen) atoms. The largest absolute Gasteiger partial charge is 0.298 e. The van der Waals surface area contributed by atoms with Crippen LogP contribution in [0, 0.1) is 5.82 Å². The van der Waals surface area contributed by atoms with Crippen molar-refractivity contribution in [2.45, 2.75) is 11.5 Å². The number of halogens is 1. The van der Waals surface area contributed by atoms with Crippen molar-refractivity contribution >= 4 is 44.9 Å². The third kappa shape index (κ3) is 4.40. The predicted molar refractivity (Wildman–Crippen MR) is 115 cm³/mol. The maximum atomic E-state index is 12.9. The van der Waals surface area contributed by atoms with Crippen LogP contribution in [-0.2, 0) is 11.5 Å². The van der Waals surface area contributed by atoms with Crippen LogP contribution in [0.15, 0.2) is 72.1 Å². The van der Waals surface area contributed by atoms with Gasteiger partial charge in [0.05, 0.1) is 5.69 Å². The molecule has 140 valence electrons. The molecule has 0 bridgehead atoms. The van der Waals surface area contributed by atoms with Gasteiger partial charge in [0.25, 0.3) is 5.91 Å². The van der Waals surface area contributed by atoms with Crippen molar-refractivity contribution in [3.63, 3.8) is 0 Å². The quantitative estimate of drug-likeness (QED) is 0.418. The SMILES string of the molecule is O=C(Nc1nc(CSCc2ccc(F)cc2)cs1)c1cccc2ccccc12. The summed E-state index contributed by atoms with van der Waals surface area (Å²) in [5.41, 5.74) is 2.64. The zero-order valence-corrected chi connectivity index (χ0v) is 16.5. The fraction of sp³-hybridized carbons (Fsp3) is 0.0909. The number of anilines is 1. The molecule has 1 N–H and O–H groups in total. The van der Waals surface area contributed by atoms with Crippen LogP contribution >= 0.6 is 23.1 Å². The van der Waals surface area contributed by atoms with E-state index in [0.717, 1.165) is 33.5 Å². The fourth-order valence-electron chi connectivity index (χ4n) is 2.87. The summed E-state index contributed by atoms with van der Waals surface area (Å²) < 4.78 is 12.9. The summed E-state index contributed by atoms with van der Waals surface area (Å²) in [7, 11) is 0. The zero-order chi connectivity index (χ0) is 19.3. The van der Waals surface area contributed by atoms with Crippen LogP contribution < -0.4 is 5.32 Å². The normalized spacial score (nSPS) is 10.9. The number of fused-ring (bicyclic) bond motifs is 1. The van der Waals surface area contributed by atoms with Gasteiger partial charge in [0.1, 0.15) is 5.82 Å². The third-order valence-corrected chi connectivity index (χ3v) is 6.08. The first-order valence-electron chi connectivity index (χ1n) is 8.75. The first kappa shape index (κ1) is 18.7. The number of benzene rings is 3.